The van der Waals surface area contributed by atoms with Crippen LogP contribution in [0.25, 0.3) is 0 Å². The maximum atomic E-state index is 13.0. The predicted molar refractivity (Wildman–Crippen MR) is 111 cm³/mol. The molecule has 1 unspecified atom stereocenters. The monoisotopic (exact) mass is 396 g/mol. The minimum atomic E-state index is -0.167. The first-order valence-corrected chi connectivity index (χ1v) is 10.3. The summed E-state index contributed by atoms with van der Waals surface area (Å²) in [5.41, 5.74) is 1.21. The van der Waals surface area contributed by atoms with E-state index in [0.717, 1.165) is 26.2 Å². The van der Waals surface area contributed by atoms with Gasteiger partial charge in [0.15, 0.2) is 5.76 Å². The fourth-order valence-corrected chi connectivity index (χ4v) is 4.11. The molecule has 2 saturated heterocycles. The maximum absolute atomic E-state index is 13.0. The molecular weight excluding hydrogens is 368 g/mol. The molecule has 0 bridgehead atoms. The van der Waals surface area contributed by atoms with Gasteiger partial charge < -0.3 is 19.1 Å². The maximum Gasteiger partial charge on any atom is 0.289 e. The molecule has 1 atom stereocenters. The zero-order valence-electron chi connectivity index (χ0n) is 16.9. The third kappa shape index (κ3) is 4.29. The van der Waals surface area contributed by atoms with E-state index in [1.165, 1.54) is 12.0 Å². The SMILES string of the molecule is CC(C(=O)N1CCN(c2ccccc2)CC1)N1CCN(C(=O)c2ccco2)CC1. The zero-order valence-corrected chi connectivity index (χ0v) is 16.9. The van der Waals surface area contributed by atoms with E-state index in [1.807, 2.05) is 30.0 Å². The van der Waals surface area contributed by atoms with E-state index in [1.54, 1.807) is 17.0 Å². The normalized spacial score (nSPS) is 19.3. The van der Waals surface area contributed by atoms with Gasteiger partial charge in [-0.3, -0.25) is 14.5 Å². The summed E-state index contributed by atoms with van der Waals surface area (Å²) in [5, 5.41) is 0. The van der Waals surface area contributed by atoms with Crippen LogP contribution < -0.4 is 4.90 Å². The molecule has 7 nitrogen and oxygen atoms in total. The number of carbonyl (C=O) groups excluding carboxylic acids is 2. The van der Waals surface area contributed by atoms with Crippen molar-refractivity contribution in [3.8, 4) is 0 Å². The van der Waals surface area contributed by atoms with Crippen molar-refractivity contribution in [1.82, 2.24) is 14.7 Å². The Balaban J connectivity index is 1.26. The molecule has 0 aliphatic carbocycles. The molecule has 0 spiro atoms. The van der Waals surface area contributed by atoms with E-state index in [0.29, 0.717) is 31.9 Å². The van der Waals surface area contributed by atoms with Gasteiger partial charge in [-0.15, -0.1) is 0 Å². The average molecular weight is 396 g/mol. The minimum absolute atomic E-state index is 0.0781. The van der Waals surface area contributed by atoms with E-state index < -0.39 is 0 Å². The number of para-hydroxylation sites is 1. The molecule has 2 aliphatic rings. The lowest BCUT2D eigenvalue weighted by molar-refractivity contribution is -0.137. The lowest BCUT2D eigenvalue weighted by Crippen LogP contribution is -2.58. The van der Waals surface area contributed by atoms with Crippen LogP contribution in [0.1, 0.15) is 17.5 Å². The molecule has 2 fully saturated rings. The number of furan rings is 1. The van der Waals surface area contributed by atoms with Gasteiger partial charge in [-0.25, -0.2) is 0 Å². The number of hydrogen-bond donors (Lipinski definition) is 0. The van der Waals surface area contributed by atoms with Gasteiger partial charge >= 0.3 is 0 Å². The third-order valence-electron chi connectivity index (χ3n) is 5.95. The van der Waals surface area contributed by atoms with Crippen molar-refractivity contribution in [2.24, 2.45) is 0 Å². The number of anilines is 1. The third-order valence-corrected chi connectivity index (χ3v) is 5.95. The molecule has 0 N–H and O–H groups in total. The van der Waals surface area contributed by atoms with Crippen molar-refractivity contribution in [1.29, 1.82) is 0 Å². The molecule has 7 heteroatoms. The molecule has 1 aromatic carbocycles. The molecular formula is C22H28N4O3. The molecule has 4 rings (SSSR count). The lowest BCUT2D eigenvalue weighted by Gasteiger charge is -2.41. The van der Waals surface area contributed by atoms with Crippen molar-refractivity contribution in [2.75, 3.05) is 57.3 Å². The summed E-state index contributed by atoms with van der Waals surface area (Å²) in [6, 6.07) is 13.6. The number of benzene rings is 1. The first kappa shape index (κ1) is 19.5. The van der Waals surface area contributed by atoms with Crippen LogP contribution in [0.15, 0.2) is 53.1 Å². The highest BCUT2D eigenvalue weighted by atomic mass is 16.3. The highest BCUT2D eigenvalue weighted by Crippen LogP contribution is 2.17. The molecule has 1 aromatic heterocycles. The summed E-state index contributed by atoms with van der Waals surface area (Å²) in [4.78, 5) is 33.7. The zero-order chi connectivity index (χ0) is 20.2. The lowest BCUT2D eigenvalue weighted by atomic mass is 10.1. The second-order valence-corrected chi connectivity index (χ2v) is 7.63. The number of nitrogens with zero attached hydrogens (tertiary/aromatic N) is 4. The van der Waals surface area contributed by atoms with Gasteiger partial charge in [0.25, 0.3) is 5.91 Å². The summed E-state index contributed by atoms with van der Waals surface area (Å²) in [6.07, 6.45) is 1.52. The van der Waals surface area contributed by atoms with Crippen LogP contribution in [-0.2, 0) is 4.79 Å². The summed E-state index contributed by atoms with van der Waals surface area (Å²) in [7, 11) is 0. The highest BCUT2D eigenvalue weighted by Gasteiger charge is 2.32. The Morgan fingerprint density at radius 2 is 1.48 bits per heavy atom. The van der Waals surface area contributed by atoms with Crippen LogP contribution in [0.2, 0.25) is 0 Å². The second-order valence-electron chi connectivity index (χ2n) is 7.63. The predicted octanol–water partition coefficient (Wildman–Crippen LogP) is 1.77. The summed E-state index contributed by atoms with van der Waals surface area (Å²) in [5.74, 6) is 0.480. The van der Waals surface area contributed by atoms with Crippen molar-refractivity contribution < 1.29 is 14.0 Å². The fourth-order valence-electron chi connectivity index (χ4n) is 4.11. The van der Waals surface area contributed by atoms with E-state index in [4.69, 9.17) is 4.42 Å². The van der Waals surface area contributed by atoms with Crippen molar-refractivity contribution >= 4 is 17.5 Å². The summed E-state index contributed by atoms with van der Waals surface area (Å²) >= 11 is 0. The van der Waals surface area contributed by atoms with Crippen LogP contribution in [0.3, 0.4) is 0 Å². The van der Waals surface area contributed by atoms with Gasteiger partial charge in [-0.1, -0.05) is 18.2 Å². The number of carbonyl (C=O) groups is 2. The first-order chi connectivity index (χ1) is 14.1. The summed E-state index contributed by atoms with van der Waals surface area (Å²) < 4.78 is 5.21. The van der Waals surface area contributed by atoms with Crippen molar-refractivity contribution in [2.45, 2.75) is 13.0 Å². The van der Waals surface area contributed by atoms with E-state index >= 15 is 0 Å². The smallest absolute Gasteiger partial charge is 0.289 e. The molecule has 154 valence electrons. The van der Waals surface area contributed by atoms with E-state index in [9.17, 15) is 9.59 Å². The van der Waals surface area contributed by atoms with E-state index in [2.05, 4.69) is 21.9 Å². The number of hydrogen-bond acceptors (Lipinski definition) is 5. The Hall–Kier alpha value is -2.80. The van der Waals surface area contributed by atoms with Crippen LogP contribution in [0.5, 0.6) is 0 Å². The number of rotatable bonds is 4. The number of piperazine rings is 2. The molecule has 3 heterocycles. The molecule has 2 aromatic rings. The van der Waals surface area contributed by atoms with Crippen LogP contribution >= 0.6 is 0 Å². The van der Waals surface area contributed by atoms with Gasteiger partial charge in [-0.2, -0.15) is 0 Å². The Morgan fingerprint density at radius 3 is 2.10 bits per heavy atom. The van der Waals surface area contributed by atoms with Crippen LogP contribution in [0, 0.1) is 0 Å². The Labute approximate surface area is 171 Å². The average Bonchev–Trinajstić information content (AvgIpc) is 3.33. The molecule has 2 aliphatic heterocycles. The standard InChI is InChI=1S/C22H28N4O3/c1-18(23-9-13-26(14-10-23)22(28)20-8-5-17-29-20)21(27)25-15-11-24(12-16-25)19-6-3-2-4-7-19/h2-8,17-18H,9-16H2,1H3. The minimum Gasteiger partial charge on any atom is -0.459 e. The largest absolute Gasteiger partial charge is 0.459 e. The van der Waals surface area contributed by atoms with Gasteiger partial charge in [0.1, 0.15) is 0 Å². The van der Waals surface area contributed by atoms with Gasteiger partial charge in [0.2, 0.25) is 5.91 Å². The summed E-state index contributed by atoms with van der Waals surface area (Å²) in [6.45, 7) is 7.80. The Kier molecular flexibility index (Phi) is 5.85. The van der Waals surface area contributed by atoms with Gasteiger partial charge in [0.05, 0.1) is 12.3 Å². The van der Waals surface area contributed by atoms with Crippen molar-refractivity contribution in [3.63, 3.8) is 0 Å². The van der Waals surface area contributed by atoms with Gasteiger partial charge in [-0.05, 0) is 31.2 Å². The van der Waals surface area contributed by atoms with Gasteiger partial charge in [0, 0.05) is 58.0 Å². The fraction of sp³-hybridized carbons (Fsp3) is 0.455. The Morgan fingerprint density at radius 1 is 0.828 bits per heavy atom. The Bertz CT molecular complexity index is 808. The molecule has 0 saturated carbocycles. The second kappa shape index (κ2) is 8.69. The van der Waals surface area contributed by atoms with Crippen LogP contribution in [-0.4, -0.2) is 84.9 Å². The first-order valence-electron chi connectivity index (χ1n) is 10.3. The molecule has 2 amide bonds. The highest BCUT2D eigenvalue weighted by molar-refractivity contribution is 5.91. The molecule has 29 heavy (non-hydrogen) atoms. The van der Waals surface area contributed by atoms with Crippen LogP contribution in [0.4, 0.5) is 5.69 Å². The topological polar surface area (TPSA) is 60.2 Å². The quantitative estimate of drug-likeness (QED) is 0.788. The number of amides is 2. The van der Waals surface area contributed by atoms with Crippen molar-refractivity contribution in [3.05, 3.63) is 54.5 Å². The van der Waals surface area contributed by atoms with E-state index in [-0.39, 0.29) is 17.9 Å². The molecule has 0 radical (unpaired) electrons.